The van der Waals surface area contributed by atoms with Crippen LogP contribution in [0.15, 0.2) is 54.6 Å². The number of aromatic nitrogens is 2. The first-order valence-electron chi connectivity index (χ1n) is 8.77. The Labute approximate surface area is 159 Å². The molecule has 0 saturated heterocycles. The van der Waals surface area contributed by atoms with Crippen molar-refractivity contribution in [3.63, 3.8) is 0 Å². The van der Waals surface area contributed by atoms with Gasteiger partial charge in [0.2, 0.25) is 0 Å². The Kier molecular flexibility index (Phi) is 5.04. The zero-order valence-corrected chi connectivity index (χ0v) is 16.1. The third kappa shape index (κ3) is 4.37. The molecule has 0 aliphatic heterocycles. The van der Waals surface area contributed by atoms with Gasteiger partial charge in [-0.15, -0.1) is 0 Å². The molecule has 0 unspecified atom stereocenters. The number of carbonyl (C=O) groups is 1. The van der Waals surface area contributed by atoms with Crippen molar-refractivity contribution < 1.29 is 9.53 Å². The smallest absolute Gasteiger partial charge is 0.269 e. The van der Waals surface area contributed by atoms with Gasteiger partial charge in [-0.3, -0.25) is 4.79 Å². The summed E-state index contributed by atoms with van der Waals surface area (Å²) in [5.41, 5.74) is 9.51. The van der Waals surface area contributed by atoms with Crippen molar-refractivity contribution >= 4 is 5.91 Å². The van der Waals surface area contributed by atoms with Crippen molar-refractivity contribution in [3.8, 4) is 22.7 Å². The summed E-state index contributed by atoms with van der Waals surface area (Å²) in [4.78, 5) is 11.7. The maximum Gasteiger partial charge on any atom is 0.269 e. The van der Waals surface area contributed by atoms with Crippen molar-refractivity contribution in [1.29, 1.82) is 0 Å². The molecule has 0 aliphatic rings. The van der Waals surface area contributed by atoms with E-state index in [0.29, 0.717) is 0 Å². The minimum Gasteiger partial charge on any atom is -0.497 e. The molecular formula is C22H24N3O2. The van der Waals surface area contributed by atoms with Gasteiger partial charge in [-0.2, -0.15) is 5.10 Å². The fraction of sp³-hybridized carbons (Fsp3) is 0.227. The molecule has 0 aliphatic carbocycles. The van der Waals surface area contributed by atoms with E-state index < -0.39 is 5.91 Å². The molecule has 5 nitrogen and oxygen atoms in total. The van der Waals surface area contributed by atoms with Crippen LogP contribution in [-0.4, -0.2) is 22.8 Å². The van der Waals surface area contributed by atoms with Crippen LogP contribution in [0.3, 0.4) is 0 Å². The summed E-state index contributed by atoms with van der Waals surface area (Å²) in [5, 5.41) is 4.39. The summed E-state index contributed by atoms with van der Waals surface area (Å²) >= 11 is 0. The second-order valence-corrected chi connectivity index (χ2v) is 7.52. The van der Waals surface area contributed by atoms with Crippen LogP contribution >= 0.6 is 0 Å². The fourth-order valence-corrected chi connectivity index (χ4v) is 2.88. The number of hydrogen-bond acceptors (Lipinski definition) is 3. The Morgan fingerprint density at radius 3 is 2.22 bits per heavy atom. The lowest BCUT2D eigenvalue weighted by Crippen LogP contribution is -2.12. The van der Waals surface area contributed by atoms with E-state index in [1.807, 2.05) is 36.4 Å². The molecule has 3 aromatic rings. The average Bonchev–Trinajstić information content (AvgIpc) is 3.07. The molecule has 0 atom stereocenters. The fourth-order valence-electron chi connectivity index (χ4n) is 2.88. The number of methoxy groups -OCH3 is 1. The van der Waals surface area contributed by atoms with E-state index in [2.05, 4.69) is 44.4 Å². The third-order valence-electron chi connectivity index (χ3n) is 4.08. The highest BCUT2D eigenvalue weighted by molar-refractivity contribution is 5.92. The molecule has 0 spiro atoms. The maximum atomic E-state index is 11.7. The van der Waals surface area contributed by atoms with Gasteiger partial charge in [-0.1, -0.05) is 45.0 Å². The molecule has 3 rings (SSSR count). The van der Waals surface area contributed by atoms with E-state index in [9.17, 15) is 4.79 Å². The molecule has 1 amide bonds. The summed E-state index contributed by atoms with van der Waals surface area (Å²) < 4.78 is 6.93. The van der Waals surface area contributed by atoms with E-state index >= 15 is 0 Å². The van der Waals surface area contributed by atoms with Crippen molar-refractivity contribution in [1.82, 2.24) is 9.78 Å². The van der Waals surface area contributed by atoms with Gasteiger partial charge in [0.05, 0.1) is 18.5 Å². The predicted octanol–water partition coefficient (Wildman–Crippen LogP) is 4.25. The van der Waals surface area contributed by atoms with E-state index in [1.165, 1.54) is 0 Å². The van der Waals surface area contributed by atoms with Crippen LogP contribution < -0.4 is 10.5 Å². The SMILES string of the molecule is COc1ccc(-n2nc(C(N)=O)cc2-c2ccc([CH]C(C)(C)C)cc2)cc1. The standard InChI is InChI=1S/C22H24N3O2/c1-22(2,3)14-15-5-7-16(8-6-15)20-13-19(21(23)26)24-25(20)17-9-11-18(27-4)12-10-17/h5-14H,1-4H3,(H2,23,26). The summed E-state index contributed by atoms with van der Waals surface area (Å²) in [5.74, 6) is 0.200. The second kappa shape index (κ2) is 7.27. The Morgan fingerprint density at radius 1 is 1.07 bits per heavy atom. The first-order chi connectivity index (χ1) is 12.8. The maximum absolute atomic E-state index is 11.7. The summed E-state index contributed by atoms with van der Waals surface area (Å²) in [6, 6.07) is 17.4. The Morgan fingerprint density at radius 2 is 1.70 bits per heavy atom. The van der Waals surface area contributed by atoms with Crippen LogP contribution in [0.25, 0.3) is 16.9 Å². The normalized spacial score (nSPS) is 11.4. The van der Waals surface area contributed by atoms with Crippen LogP contribution in [0, 0.1) is 11.8 Å². The zero-order valence-electron chi connectivity index (χ0n) is 16.1. The van der Waals surface area contributed by atoms with E-state index in [4.69, 9.17) is 10.5 Å². The number of amides is 1. The molecule has 27 heavy (non-hydrogen) atoms. The molecule has 2 N–H and O–H groups in total. The van der Waals surface area contributed by atoms with Gasteiger partial charge in [-0.25, -0.2) is 4.68 Å². The van der Waals surface area contributed by atoms with Gasteiger partial charge in [-0.05, 0) is 47.7 Å². The topological polar surface area (TPSA) is 70.1 Å². The first-order valence-corrected chi connectivity index (χ1v) is 8.77. The monoisotopic (exact) mass is 362 g/mol. The third-order valence-corrected chi connectivity index (χ3v) is 4.08. The molecule has 1 heterocycles. The summed E-state index contributed by atoms with van der Waals surface area (Å²) in [7, 11) is 1.62. The molecule has 5 heteroatoms. The van der Waals surface area contributed by atoms with Gasteiger partial charge in [0.15, 0.2) is 5.69 Å². The lowest BCUT2D eigenvalue weighted by atomic mass is 9.88. The summed E-state index contributed by atoms with van der Waals surface area (Å²) in [6.07, 6.45) is 2.21. The van der Waals surface area contributed by atoms with Crippen LogP contribution in [0.2, 0.25) is 0 Å². The lowest BCUT2D eigenvalue weighted by molar-refractivity contribution is 0.0995. The first kappa shape index (κ1) is 18.7. The molecule has 0 saturated carbocycles. The predicted molar refractivity (Wildman–Crippen MR) is 107 cm³/mol. The van der Waals surface area contributed by atoms with Crippen molar-refractivity contribution in [2.45, 2.75) is 20.8 Å². The minimum atomic E-state index is -0.554. The van der Waals surface area contributed by atoms with Crippen molar-refractivity contribution in [2.24, 2.45) is 11.1 Å². The van der Waals surface area contributed by atoms with E-state index in [-0.39, 0.29) is 11.1 Å². The lowest BCUT2D eigenvalue weighted by Gasteiger charge is -2.17. The quantitative estimate of drug-likeness (QED) is 0.738. The number of nitrogens with two attached hydrogens (primary N) is 1. The molecular weight excluding hydrogens is 338 g/mol. The highest BCUT2D eigenvalue weighted by Gasteiger charge is 2.16. The van der Waals surface area contributed by atoms with Crippen LogP contribution in [0.5, 0.6) is 5.75 Å². The van der Waals surface area contributed by atoms with E-state index in [0.717, 1.165) is 28.3 Å². The minimum absolute atomic E-state index is 0.103. The summed E-state index contributed by atoms with van der Waals surface area (Å²) in [6.45, 7) is 6.50. The Balaban J connectivity index is 2.02. The average molecular weight is 362 g/mol. The van der Waals surface area contributed by atoms with Crippen LogP contribution in [-0.2, 0) is 0 Å². The number of carbonyl (C=O) groups excluding carboxylic acids is 1. The van der Waals surface area contributed by atoms with Crippen molar-refractivity contribution in [2.75, 3.05) is 7.11 Å². The highest BCUT2D eigenvalue weighted by Crippen LogP contribution is 2.28. The number of primary amides is 1. The second-order valence-electron chi connectivity index (χ2n) is 7.52. The Bertz CT molecular complexity index is 933. The number of rotatable bonds is 5. The number of ether oxygens (including phenoxy) is 1. The van der Waals surface area contributed by atoms with E-state index in [1.54, 1.807) is 17.9 Å². The van der Waals surface area contributed by atoms with Gasteiger partial charge < -0.3 is 10.5 Å². The number of hydrogen-bond donors (Lipinski definition) is 1. The van der Waals surface area contributed by atoms with Gasteiger partial charge in [0.1, 0.15) is 5.75 Å². The zero-order chi connectivity index (χ0) is 19.6. The van der Waals surface area contributed by atoms with Crippen LogP contribution in [0.1, 0.15) is 36.8 Å². The number of benzene rings is 2. The molecule has 0 fully saturated rings. The molecule has 1 aromatic heterocycles. The van der Waals surface area contributed by atoms with Gasteiger partial charge in [0, 0.05) is 5.56 Å². The van der Waals surface area contributed by atoms with Gasteiger partial charge in [0.25, 0.3) is 5.91 Å². The van der Waals surface area contributed by atoms with Crippen LogP contribution in [0.4, 0.5) is 0 Å². The molecule has 0 bridgehead atoms. The Hall–Kier alpha value is -3.08. The molecule has 1 radical (unpaired) electrons. The highest BCUT2D eigenvalue weighted by atomic mass is 16.5. The number of nitrogens with zero attached hydrogens (tertiary/aromatic N) is 2. The molecule has 2 aromatic carbocycles. The van der Waals surface area contributed by atoms with Crippen molar-refractivity contribution in [3.05, 3.63) is 72.3 Å². The van der Waals surface area contributed by atoms with Gasteiger partial charge >= 0.3 is 0 Å². The largest absolute Gasteiger partial charge is 0.497 e. The molecule has 139 valence electrons.